The molecule has 0 atom stereocenters. The number of fused-ring (bicyclic) bond motifs is 1. The third-order valence-corrected chi connectivity index (χ3v) is 3.48. The number of aryl methyl sites for hydroxylation is 1. The van der Waals surface area contributed by atoms with Gasteiger partial charge in [-0.2, -0.15) is 0 Å². The predicted molar refractivity (Wildman–Crippen MR) is 62.9 cm³/mol. The summed E-state index contributed by atoms with van der Waals surface area (Å²) in [6, 6.07) is 1.88. The Morgan fingerprint density at radius 3 is 2.71 bits per heavy atom. The molecule has 1 aromatic heterocycles. The number of ether oxygens (including phenoxy) is 1. The van der Waals surface area contributed by atoms with Crippen LogP contribution in [-0.2, 0) is 0 Å². The average molecular weight is 320 g/mol. The first-order chi connectivity index (χ1) is 6.65. The molecule has 0 aliphatic carbocycles. The summed E-state index contributed by atoms with van der Waals surface area (Å²) in [4.78, 5) is 0. The van der Waals surface area contributed by atoms with Gasteiger partial charge in [-0.1, -0.05) is 0 Å². The molecule has 0 fully saturated rings. The minimum Gasteiger partial charge on any atom is -0.496 e. The van der Waals surface area contributed by atoms with E-state index >= 15 is 0 Å². The first-order valence-electron chi connectivity index (χ1n) is 4.05. The molecule has 0 bridgehead atoms. The van der Waals surface area contributed by atoms with Crippen molar-refractivity contribution in [2.45, 2.75) is 6.92 Å². The fraction of sp³-hybridized carbons (Fsp3) is 0.200. The average Bonchev–Trinajstić information content (AvgIpc) is 2.54. The topological polar surface area (TPSA) is 22.4 Å². The Labute approximate surface area is 98.5 Å². The smallest absolute Gasteiger partial charge is 0.149 e. The van der Waals surface area contributed by atoms with Crippen LogP contribution >= 0.6 is 31.9 Å². The van der Waals surface area contributed by atoms with Crippen LogP contribution in [0.5, 0.6) is 5.75 Å². The number of halogens is 2. The Morgan fingerprint density at radius 2 is 2.07 bits per heavy atom. The van der Waals surface area contributed by atoms with Gasteiger partial charge in [-0.3, -0.25) is 0 Å². The molecular formula is C10H8Br2O2. The molecule has 1 aromatic carbocycles. The number of rotatable bonds is 1. The molecule has 1 heterocycles. The summed E-state index contributed by atoms with van der Waals surface area (Å²) in [5.74, 6) is 0.800. The number of hydrogen-bond donors (Lipinski definition) is 0. The lowest BCUT2D eigenvalue weighted by molar-refractivity contribution is 0.412. The van der Waals surface area contributed by atoms with Crippen LogP contribution < -0.4 is 4.74 Å². The Balaban J connectivity index is 2.91. The predicted octanol–water partition coefficient (Wildman–Crippen LogP) is 4.27. The standard InChI is InChI=1S/C10H8Br2O2/c1-5-4-14-10-6(11)3-7(13-2)9(12)8(5)10/h3-4H,1-2H3. The van der Waals surface area contributed by atoms with E-state index in [2.05, 4.69) is 31.9 Å². The zero-order valence-corrected chi connectivity index (χ0v) is 10.9. The van der Waals surface area contributed by atoms with Gasteiger partial charge in [0.1, 0.15) is 11.3 Å². The van der Waals surface area contributed by atoms with E-state index < -0.39 is 0 Å². The van der Waals surface area contributed by atoms with Gasteiger partial charge in [0.05, 0.1) is 22.3 Å². The summed E-state index contributed by atoms with van der Waals surface area (Å²) in [6.45, 7) is 2.00. The Morgan fingerprint density at radius 1 is 1.36 bits per heavy atom. The lowest BCUT2D eigenvalue weighted by atomic mass is 10.2. The second-order valence-electron chi connectivity index (χ2n) is 3.00. The van der Waals surface area contributed by atoms with Crippen LogP contribution in [0.4, 0.5) is 0 Å². The molecular weight excluding hydrogens is 312 g/mol. The molecule has 2 rings (SSSR count). The maximum Gasteiger partial charge on any atom is 0.149 e. The molecule has 0 aliphatic heterocycles. The molecule has 0 amide bonds. The van der Waals surface area contributed by atoms with Crippen molar-refractivity contribution in [3.8, 4) is 5.75 Å². The minimum atomic E-state index is 0.800. The van der Waals surface area contributed by atoms with Crippen LogP contribution in [-0.4, -0.2) is 7.11 Å². The second-order valence-corrected chi connectivity index (χ2v) is 4.64. The normalized spacial score (nSPS) is 10.9. The van der Waals surface area contributed by atoms with Crippen molar-refractivity contribution in [3.63, 3.8) is 0 Å². The Kier molecular flexibility index (Phi) is 2.58. The molecule has 14 heavy (non-hydrogen) atoms. The first kappa shape index (κ1) is 10.1. The summed E-state index contributed by atoms with van der Waals surface area (Å²) in [6.07, 6.45) is 1.74. The summed E-state index contributed by atoms with van der Waals surface area (Å²) in [7, 11) is 1.65. The number of benzene rings is 1. The van der Waals surface area contributed by atoms with Crippen LogP contribution in [0, 0.1) is 6.92 Å². The molecule has 4 heteroatoms. The maximum atomic E-state index is 5.43. The minimum absolute atomic E-state index is 0.800. The van der Waals surface area contributed by atoms with Gasteiger partial charge in [-0.25, -0.2) is 0 Å². The molecule has 0 radical (unpaired) electrons. The first-order valence-corrected chi connectivity index (χ1v) is 5.63. The fourth-order valence-corrected chi connectivity index (χ4v) is 2.68. The van der Waals surface area contributed by atoms with E-state index in [4.69, 9.17) is 9.15 Å². The van der Waals surface area contributed by atoms with Gasteiger partial charge in [-0.15, -0.1) is 0 Å². The highest BCUT2D eigenvalue weighted by atomic mass is 79.9. The number of furan rings is 1. The van der Waals surface area contributed by atoms with Crippen LogP contribution in [0.25, 0.3) is 11.0 Å². The Bertz CT molecular complexity index is 488. The van der Waals surface area contributed by atoms with E-state index in [1.165, 1.54) is 0 Å². The summed E-state index contributed by atoms with van der Waals surface area (Å²) >= 11 is 6.94. The van der Waals surface area contributed by atoms with Crippen molar-refractivity contribution in [2.24, 2.45) is 0 Å². The SMILES string of the molecule is COc1cc(Br)c2occ(C)c2c1Br. The van der Waals surface area contributed by atoms with Crippen LogP contribution in [0.2, 0.25) is 0 Å². The van der Waals surface area contributed by atoms with Crippen molar-refractivity contribution in [1.29, 1.82) is 0 Å². The highest BCUT2D eigenvalue weighted by molar-refractivity contribution is 9.11. The molecule has 0 N–H and O–H groups in total. The highest BCUT2D eigenvalue weighted by Crippen LogP contribution is 2.40. The van der Waals surface area contributed by atoms with E-state index in [0.717, 1.165) is 31.2 Å². The van der Waals surface area contributed by atoms with Crippen molar-refractivity contribution >= 4 is 42.8 Å². The van der Waals surface area contributed by atoms with Crippen molar-refractivity contribution in [1.82, 2.24) is 0 Å². The van der Waals surface area contributed by atoms with E-state index in [-0.39, 0.29) is 0 Å². The molecule has 0 saturated carbocycles. The number of hydrogen-bond acceptors (Lipinski definition) is 2. The van der Waals surface area contributed by atoms with Crippen LogP contribution in [0.15, 0.2) is 25.7 Å². The van der Waals surface area contributed by atoms with E-state index in [9.17, 15) is 0 Å². The van der Waals surface area contributed by atoms with Gasteiger partial charge < -0.3 is 9.15 Å². The molecule has 0 saturated heterocycles. The van der Waals surface area contributed by atoms with Crippen molar-refractivity contribution in [2.75, 3.05) is 7.11 Å². The molecule has 74 valence electrons. The third-order valence-electron chi connectivity index (χ3n) is 2.11. The van der Waals surface area contributed by atoms with Gasteiger partial charge in [0.25, 0.3) is 0 Å². The molecule has 0 spiro atoms. The van der Waals surface area contributed by atoms with Gasteiger partial charge >= 0.3 is 0 Å². The summed E-state index contributed by atoms with van der Waals surface area (Å²) in [5, 5.41) is 1.05. The highest BCUT2D eigenvalue weighted by Gasteiger charge is 2.14. The molecule has 0 unspecified atom stereocenters. The van der Waals surface area contributed by atoms with E-state index in [1.54, 1.807) is 13.4 Å². The fourth-order valence-electron chi connectivity index (χ4n) is 1.41. The summed E-state index contributed by atoms with van der Waals surface area (Å²) < 4.78 is 12.5. The van der Waals surface area contributed by atoms with Gasteiger partial charge in [-0.05, 0) is 50.4 Å². The lowest BCUT2D eigenvalue weighted by Crippen LogP contribution is -1.85. The number of methoxy groups -OCH3 is 1. The van der Waals surface area contributed by atoms with Crippen LogP contribution in [0.3, 0.4) is 0 Å². The third kappa shape index (κ3) is 1.37. The van der Waals surface area contributed by atoms with Crippen LogP contribution in [0.1, 0.15) is 5.56 Å². The quantitative estimate of drug-likeness (QED) is 0.783. The molecule has 2 aromatic rings. The monoisotopic (exact) mass is 318 g/mol. The van der Waals surface area contributed by atoms with Gasteiger partial charge in [0.15, 0.2) is 0 Å². The van der Waals surface area contributed by atoms with Crippen molar-refractivity contribution < 1.29 is 9.15 Å². The zero-order valence-electron chi connectivity index (χ0n) is 7.73. The zero-order chi connectivity index (χ0) is 10.3. The van der Waals surface area contributed by atoms with Crippen molar-refractivity contribution in [3.05, 3.63) is 26.8 Å². The molecule has 0 aliphatic rings. The summed E-state index contributed by atoms with van der Waals surface area (Å²) in [5.41, 5.74) is 1.93. The maximum absolute atomic E-state index is 5.43. The molecule has 2 nitrogen and oxygen atoms in total. The lowest BCUT2D eigenvalue weighted by Gasteiger charge is -2.05. The largest absolute Gasteiger partial charge is 0.496 e. The van der Waals surface area contributed by atoms with E-state index in [0.29, 0.717) is 0 Å². The van der Waals surface area contributed by atoms with Gasteiger partial charge in [0, 0.05) is 5.39 Å². The Hall–Kier alpha value is -0.480. The van der Waals surface area contributed by atoms with E-state index in [1.807, 2.05) is 13.0 Å². The van der Waals surface area contributed by atoms with Gasteiger partial charge in [0.2, 0.25) is 0 Å². The second kappa shape index (κ2) is 3.59.